The number of esters is 1. The van der Waals surface area contributed by atoms with Crippen molar-refractivity contribution in [2.24, 2.45) is 5.73 Å². The normalized spacial score (nSPS) is 11.5. The van der Waals surface area contributed by atoms with Gasteiger partial charge in [-0.3, -0.25) is 4.79 Å². The van der Waals surface area contributed by atoms with Crippen LogP contribution in [0.25, 0.3) is 0 Å². The van der Waals surface area contributed by atoms with Crippen molar-refractivity contribution >= 4 is 5.97 Å². The lowest BCUT2D eigenvalue weighted by molar-refractivity contribution is -0.143. The Morgan fingerprint density at radius 3 is 2.87 bits per heavy atom. The van der Waals surface area contributed by atoms with Crippen LogP contribution >= 0.6 is 0 Å². The molecule has 1 aromatic heterocycles. The van der Waals surface area contributed by atoms with Gasteiger partial charge in [-0.2, -0.15) is 0 Å². The fourth-order valence-corrected chi connectivity index (χ4v) is 1.33. The SMILES string of the molecule is CCOC(=O)Cn1cncc1C(C)(C)N. The zero-order chi connectivity index (χ0) is 11.5. The minimum absolute atomic E-state index is 0.157. The number of ether oxygens (including phenoxy) is 1. The van der Waals surface area contributed by atoms with Crippen molar-refractivity contribution < 1.29 is 9.53 Å². The second kappa shape index (κ2) is 4.44. The summed E-state index contributed by atoms with van der Waals surface area (Å²) in [7, 11) is 0. The van der Waals surface area contributed by atoms with Crippen molar-refractivity contribution in [3.8, 4) is 0 Å². The first-order valence-corrected chi connectivity index (χ1v) is 4.90. The fraction of sp³-hybridized carbons (Fsp3) is 0.600. The largest absolute Gasteiger partial charge is 0.465 e. The van der Waals surface area contributed by atoms with E-state index in [9.17, 15) is 4.79 Å². The molecule has 15 heavy (non-hydrogen) atoms. The molecule has 84 valence electrons. The molecule has 1 rings (SSSR count). The van der Waals surface area contributed by atoms with Crippen molar-refractivity contribution in [3.63, 3.8) is 0 Å². The molecule has 0 saturated heterocycles. The van der Waals surface area contributed by atoms with E-state index in [0.29, 0.717) is 6.61 Å². The summed E-state index contributed by atoms with van der Waals surface area (Å²) in [5, 5.41) is 0. The van der Waals surface area contributed by atoms with E-state index in [1.54, 1.807) is 24.0 Å². The maximum Gasteiger partial charge on any atom is 0.325 e. The minimum atomic E-state index is -0.511. The topological polar surface area (TPSA) is 70.1 Å². The van der Waals surface area contributed by atoms with Gasteiger partial charge < -0.3 is 15.0 Å². The summed E-state index contributed by atoms with van der Waals surface area (Å²) in [6, 6.07) is 0. The van der Waals surface area contributed by atoms with E-state index in [0.717, 1.165) is 5.69 Å². The first-order chi connectivity index (χ1) is 6.95. The summed E-state index contributed by atoms with van der Waals surface area (Å²) < 4.78 is 6.56. The summed E-state index contributed by atoms with van der Waals surface area (Å²) in [6.45, 7) is 6.05. The van der Waals surface area contributed by atoms with E-state index in [1.807, 2.05) is 13.8 Å². The van der Waals surface area contributed by atoms with Crippen LogP contribution in [-0.2, 0) is 21.6 Å². The van der Waals surface area contributed by atoms with E-state index in [1.165, 1.54) is 0 Å². The van der Waals surface area contributed by atoms with Gasteiger partial charge in [0, 0.05) is 6.20 Å². The van der Waals surface area contributed by atoms with Crippen LogP contribution in [0, 0.1) is 0 Å². The van der Waals surface area contributed by atoms with Gasteiger partial charge in [-0.05, 0) is 20.8 Å². The molecule has 0 aliphatic heterocycles. The Bertz CT molecular complexity index is 339. The molecule has 0 fully saturated rings. The van der Waals surface area contributed by atoms with Gasteiger partial charge in [0.1, 0.15) is 6.54 Å². The summed E-state index contributed by atoms with van der Waals surface area (Å²) in [6.07, 6.45) is 3.25. The molecule has 2 N–H and O–H groups in total. The van der Waals surface area contributed by atoms with E-state index in [-0.39, 0.29) is 12.5 Å². The first kappa shape index (κ1) is 11.7. The molecule has 1 aromatic rings. The minimum Gasteiger partial charge on any atom is -0.465 e. The molecule has 0 aliphatic carbocycles. The molecule has 0 radical (unpaired) electrons. The van der Waals surface area contributed by atoms with E-state index >= 15 is 0 Å². The molecule has 0 spiro atoms. The predicted octanol–water partition coefficient (Wildman–Crippen LogP) is 0.640. The van der Waals surface area contributed by atoms with Crippen molar-refractivity contribution in [3.05, 3.63) is 18.2 Å². The van der Waals surface area contributed by atoms with Gasteiger partial charge in [0.15, 0.2) is 0 Å². The summed E-state index contributed by atoms with van der Waals surface area (Å²) in [5.41, 5.74) is 6.24. The Labute approximate surface area is 89.2 Å². The molecular formula is C10H17N3O2. The third kappa shape index (κ3) is 3.06. The molecular weight excluding hydrogens is 194 g/mol. The standard InChI is InChI=1S/C10H17N3O2/c1-4-15-9(14)6-13-7-12-5-8(13)10(2,3)11/h5,7H,4,6,11H2,1-3H3. The number of hydrogen-bond donors (Lipinski definition) is 1. The number of aromatic nitrogens is 2. The number of hydrogen-bond acceptors (Lipinski definition) is 4. The Hall–Kier alpha value is -1.36. The Balaban J connectivity index is 2.78. The number of nitrogens with zero attached hydrogens (tertiary/aromatic N) is 2. The van der Waals surface area contributed by atoms with Crippen molar-refractivity contribution in [2.45, 2.75) is 32.9 Å². The molecule has 0 aliphatic rings. The first-order valence-electron chi connectivity index (χ1n) is 4.90. The van der Waals surface area contributed by atoms with Crippen LogP contribution in [0.4, 0.5) is 0 Å². The fourth-order valence-electron chi connectivity index (χ4n) is 1.33. The van der Waals surface area contributed by atoms with Crippen LogP contribution < -0.4 is 5.73 Å². The zero-order valence-corrected chi connectivity index (χ0v) is 9.36. The quantitative estimate of drug-likeness (QED) is 0.742. The molecule has 0 amide bonds. The van der Waals surface area contributed by atoms with Gasteiger partial charge in [-0.15, -0.1) is 0 Å². The second-order valence-electron chi connectivity index (χ2n) is 3.93. The zero-order valence-electron chi connectivity index (χ0n) is 9.36. The van der Waals surface area contributed by atoms with Crippen molar-refractivity contribution in [1.82, 2.24) is 9.55 Å². The lowest BCUT2D eigenvalue weighted by Gasteiger charge is -2.20. The molecule has 0 atom stereocenters. The molecule has 0 aromatic carbocycles. The summed E-state index contributed by atoms with van der Waals surface area (Å²) >= 11 is 0. The smallest absolute Gasteiger partial charge is 0.325 e. The average molecular weight is 211 g/mol. The van der Waals surface area contributed by atoms with Crippen LogP contribution in [0.5, 0.6) is 0 Å². The summed E-state index contributed by atoms with van der Waals surface area (Å²) in [4.78, 5) is 15.3. The van der Waals surface area contributed by atoms with Gasteiger partial charge >= 0.3 is 5.97 Å². The number of carbonyl (C=O) groups excluding carboxylic acids is 1. The molecule has 0 saturated carbocycles. The Morgan fingerprint density at radius 1 is 1.67 bits per heavy atom. The van der Waals surface area contributed by atoms with E-state index < -0.39 is 5.54 Å². The maximum absolute atomic E-state index is 11.3. The highest BCUT2D eigenvalue weighted by Crippen LogP contribution is 2.15. The van der Waals surface area contributed by atoms with Gasteiger partial charge in [0.25, 0.3) is 0 Å². The monoisotopic (exact) mass is 211 g/mol. The lowest BCUT2D eigenvalue weighted by atomic mass is 10.0. The highest BCUT2D eigenvalue weighted by atomic mass is 16.5. The Kier molecular flexibility index (Phi) is 3.47. The van der Waals surface area contributed by atoms with Gasteiger partial charge in [-0.1, -0.05) is 0 Å². The van der Waals surface area contributed by atoms with Crippen LogP contribution in [0.15, 0.2) is 12.5 Å². The van der Waals surface area contributed by atoms with Crippen LogP contribution in [0.1, 0.15) is 26.5 Å². The molecule has 0 unspecified atom stereocenters. The van der Waals surface area contributed by atoms with E-state index in [4.69, 9.17) is 10.5 Å². The summed E-state index contributed by atoms with van der Waals surface area (Å²) in [5.74, 6) is -0.277. The van der Waals surface area contributed by atoms with Crippen molar-refractivity contribution in [2.75, 3.05) is 6.61 Å². The van der Waals surface area contributed by atoms with Crippen LogP contribution in [0.3, 0.4) is 0 Å². The predicted molar refractivity (Wildman–Crippen MR) is 56.1 cm³/mol. The highest BCUT2D eigenvalue weighted by Gasteiger charge is 2.20. The number of carbonyl (C=O) groups is 1. The van der Waals surface area contributed by atoms with Gasteiger partial charge in [0.2, 0.25) is 0 Å². The number of rotatable bonds is 4. The molecule has 1 heterocycles. The molecule has 0 bridgehead atoms. The molecule has 5 heteroatoms. The number of imidazole rings is 1. The van der Waals surface area contributed by atoms with Crippen molar-refractivity contribution in [1.29, 1.82) is 0 Å². The van der Waals surface area contributed by atoms with Gasteiger partial charge in [-0.25, -0.2) is 4.98 Å². The third-order valence-corrected chi connectivity index (χ3v) is 1.98. The third-order valence-electron chi connectivity index (χ3n) is 1.98. The maximum atomic E-state index is 11.3. The lowest BCUT2D eigenvalue weighted by Crippen LogP contribution is -2.32. The van der Waals surface area contributed by atoms with Crippen LogP contribution in [-0.4, -0.2) is 22.1 Å². The second-order valence-corrected chi connectivity index (χ2v) is 3.93. The Morgan fingerprint density at radius 2 is 2.33 bits per heavy atom. The van der Waals surface area contributed by atoms with E-state index in [2.05, 4.69) is 4.98 Å². The highest BCUT2D eigenvalue weighted by molar-refractivity contribution is 5.69. The molecule has 5 nitrogen and oxygen atoms in total. The van der Waals surface area contributed by atoms with Gasteiger partial charge in [0.05, 0.1) is 24.2 Å². The average Bonchev–Trinajstić information content (AvgIpc) is 2.51. The number of nitrogens with two attached hydrogens (primary N) is 1. The van der Waals surface area contributed by atoms with Crippen LogP contribution in [0.2, 0.25) is 0 Å².